The maximum Gasteiger partial charge on any atom is 0.123 e. The Kier molecular flexibility index (Phi) is 2.20. The molecule has 0 aromatic rings. The van der Waals surface area contributed by atoms with Gasteiger partial charge in [-0.25, -0.2) is 0 Å². The van der Waals surface area contributed by atoms with E-state index in [2.05, 4.69) is 6.92 Å². The topological polar surface area (TPSA) is 17.1 Å². The molecule has 68 valence electrons. The number of carbonyl (C=O) groups excluding carboxylic acids is 1. The van der Waals surface area contributed by atoms with Gasteiger partial charge in [0, 0.05) is 5.92 Å². The first-order chi connectivity index (χ1) is 5.79. The lowest BCUT2D eigenvalue weighted by molar-refractivity contribution is -0.111. The van der Waals surface area contributed by atoms with Gasteiger partial charge < -0.3 is 4.79 Å². The van der Waals surface area contributed by atoms with E-state index in [9.17, 15) is 4.79 Å². The minimum Gasteiger partial charge on any atom is -0.303 e. The monoisotopic (exact) mass is 166 g/mol. The summed E-state index contributed by atoms with van der Waals surface area (Å²) in [4.78, 5) is 10.6. The summed E-state index contributed by atoms with van der Waals surface area (Å²) in [5.41, 5.74) is 0. The molecule has 1 nitrogen and oxygen atoms in total. The lowest BCUT2D eigenvalue weighted by Gasteiger charge is -2.29. The van der Waals surface area contributed by atoms with Gasteiger partial charge in [0.1, 0.15) is 6.29 Å². The van der Waals surface area contributed by atoms with Gasteiger partial charge >= 0.3 is 0 Å². The van der Waals surface area contributed by atoms with Crippen molar-refractivity contribution in [3.8, 4) is 0 Å². The first kappa shape index (κ1) is 8.28. The van der Waals surface area contributed by atoms with Crippen molar-refractivity contribution >= 4 is 6.29 Å². The van der Waals surface area contributed by atoms with Crippen molar-refractivity contribution in [1.82, 2.24) is 0 Å². The van der Waals surface area contributed by atoms with Crippen LogP contribution in [-0.2, 0) is 4.79 Å². The number of fused-ring (bicyclic) bond motifs is 1. The second-order valence-electron chi connectivity index (χ2n) is 4.81. The molecular formula is C11H18O. The molecule has 0 aromatic carbocycles. The lowest BCUT2D eigenvalue weighted by atomic mass is 9.77. The number of rotatable bonds is 1. The van der Waals surface area contributed by atoms with E-state index in [1.165, 1.54) is 38.4 Å². The van der Waals surface area contributed by atoms with E-state index in [4.69, 9.17) is 0 Å². The van der Waals surface area contributed by atoms with Crippen LogP contribution in [0.1, 0.15) is 39.0 Å². The zero-order valence-corrected chi connectivity index (χ0v) is 7.83. The van der Waals surface area contributed by atoms with Crippen molar-refractivity contribution in [2.45, 2.75) is 39.0 Å². The van der Waals surface area contributed by atoms with Crippen LogP contribution < -0.4 is 0 Å². The van der Waals surface area contributed by atoms with Gasteiger partial charge in [0.25, 0.3) is 0 Å². The Morgan fingerprint density at radius 1 is 1.08 bits per heavy atom. The van der Waals surface area contributed by atoms with Crippen molar-refractivity contribution in [3.63, 3.8) is 0 Å². The Morgan fingerprint density at radius 3 is 2.58 bits per heavy atom. The zero-order chi connectivity index (χ0) is 8.55. The van der Waals surface area contributed by atoms with Crippen LogP contribution in [0.2, 0.25) is 0 Å². The SMILES string of the molecule is CC1CCC2CC(C=O)CC2C1. The summed E-state index contributed by atoms with van der Waals surface area (Å²) in [5, 5.41) is 0. The molecule has 4 atom stereocenters. The standard InChI is InChI=1S/C11H18O/c1-8-2-3-10-5-9(7-12)6-11(10)4-8/h7-11H,2-6H2,1H3. The molecule has 4 unspecified atom stereocenters. The fraction of sp³-hybridized carbons (Fsp3) is 0.909. The minimum atomic E-state index is 0.408. The quantitative estimate of drug-likeness (QED) is 0.547. The Bertz CT molecular complexity index is 176. The summed E-state index contributed by atoms with van der Waals surface area (Å²) in [5.74, 6) is 3.11. The van der Waals surface area contributed by atoms with Gasteiger partial charge in [0.05, 0.1) is 0 Å². The van der Waals surface area contributed by atoms with Crippen molar-refractivity contribution in [2.24, 2.45) is 23.7 Å². The third-order valence-electron chi connectivity index (χ3n) is 3.81. The smallest absolute Gasteiger partial charge is 0.123 e. The molecule has 0 radical (unpaired) electrons. The van der Waals surface area contributed by atoms with Crippen LogP contribution in [-0.4, -0.2) is 6.29 Å². The number of hydrogen-bond donors (Lipinski definition) is 0. The fourth-order valence-electron chi connectivity index (χ4n) is 3.15. The number of aldehydes is 1. The molecule has 0 aromatic heterocycles. The van der Waals surface area contributed by atoms with Crippen LogP contribution in [0.25, 0.3) is 0 Å². The summed E-state index contributed by atoms with van der Waals surface area (Å²) in [7, 11) is 0. The third kappa shape index (κ3) is 1.41. The molecule has 2 aliphatic rings. The van der Waals surface area contributed by atoms with Crippen LogP contribution in [0.15, 0.2) is 0 Å². The predicted octanol–water partition coefficient (Wildman–Crippen LogP) is 2.65. The molecule has 2 fully saturated rings. The molecule has 0 N–H and O–H groups in total. The van der Waals surface area contributed by atoms with Crippen LogP contribution in [0.4, 0.5) is 0 Å². The Labute approximate surface area is 74.5 Å². The summed E-state index contributed by atoms with van der Waals surface area (Å²) in [6.07, 6.45) is 7.74. The lowest BCUT2D eigenvalue weighted by Crippen LogP contribution is -2.18. The molecule has 0 spiro atoms. The van der Waals surface area contributed by atoms with E-state index >= 15 is 0 Å². The number of hydrogen-bond acceptors (Lipinski definition) is 1. The highest BCUT2D eigenvalue weighted by molar-refractivity contribution is 5.54. The Hall–Kier alpha value is -0.330. The van der Waals surface area contributed by atoms with Gasteiger partial charge in [-0.05, 0) is 43.4 Å². The van der Waals surface area contributed by atoms with Crippen LogP contribution in [0.3, 0.4) is 0 Å². The molecule has 2 rings (SSSR count). The molecule has 1 heteroatoms. The van der Waals surface area contributed by atoms with E-state index < -0.39 is 0 Å². The zero-order valence-electron chi connectivity index (χ0n) is 7.83. The highest BCUT2D eigenvalue weighted by Crippen LogP contribution is 2.46. The molecular weight excluding hydrogens is 148 g/mol. The summed E-state index contributed by atoms with van der Waals surface area (Å²) < 4.78 is 0. The summed E-state index contributed by atoms with van der Waals surface area (Å²) >= 11 is 0. The van der Waals surface area contributed by atoms with Crippen LogP contribution in [0.5, 0.6) is 0 Å². The van der Waals surface area contributed by atoms with Crippen molar-refractivity contribution in [2.75, 3.05) is 0 Å². The minimum absolute atomic E-state index is 0.408. The molecule has 0 aliphatic heterocycles. The van der Waals surface area contributed by atoms with E-state index in [1.807, 2.05) is 0 Å². The van der Waals surface area contributed by atoms with Gasteiger partial charge in [-0.3, -0.25) is 0 Å². The van der Waals surface area contributed by atoms with Crippen LogP contribution in [0, 0.1) is 23.7 Å². The summed E-state index contributed by atoms with van der Waals surface area (Å²) in [6.45, 7) is 2.35. The fourth-order valence-corrected chi connectivity index (χ4v) is 3.15. The first-order valence-electron chi connectivity index (χ1n) is 5.25. The largest absolute Gasteiger partial charge is 0.303 e. The highest BCUT2D eigenvalue weighted by Gasteiger charge is 2.37. The average Bonchev–Trinajstić information content (AvgIpc) is 2.46. The second kappa shape index (κ2) is 3.20. The van der Waals surface area contributed by atoms with Crippen molar-refractivity contribution in [3.05, 3.63) is 0 Å². The maximum atomic E-state index is 10.6. The molecule has 2 saturated carbocycles. The van der Waals surface area contributed by atoms with E-state index in [-0.39, 0.29) is 0 Å². The molecule has 12 heavy (non-hydrogen) atoms. The number of carbonyl (C=O) groups is 1. The van der Waals surface area contributed by atoms with Gasteiger partial charge in [-0.2, -0.15) is 0 Å². The van der Waals surface area contributed by atoms with Crippen molar-refractivity contribution in [1.29, 1.82) is 0 Å². The molecule has 2 aliphatic carbocycles. The first-order valence-corrected chi connectivity index (χ1v) is 5.25. The third-order valence-corrected chi connectivity index (χ3v) is 3.81. The van der Waals surface area contributed by atoms with E-state index in [0.717, 1.165) is 17.8 Å². The van der Waals surface area contributed by atoms with Gasteiger partial charge in [-0.15, -0.1) is 0 Å². The Morgan fingerprint density at radius 2 is 1.83 bits per heavy atom. The van der Waals surface area contributed by atoms with E-state index in [1.54, 1.807) is 0 Å². The highest BCUT2D eigenvalue weighted by atomic mass is 16.1. The van der Waals surface area contributed by atoms with Crippen LogP contribution >= 0.6 is 0 Å². The predicted molar refractivity (Wildman–Crippen MR) is 48.8 cm³/mol. The van der Waals surface area contributed by atoms with Gasteiger partial charge in [0.15, 0.2) is 0 Å². The van der Waals surface area contributed by atoms with Crippen molar-refractivity contribution < 1.29 is 4.79 Å². The molecule has 0 bridgehead atoms. The molecule has 0 saturated heterocycles. The van der Waals surface area contributed by atoms with Gasteiger partial charge in [-0.1, -0.05) is 13.3 Å². The second-order valence-corrected chi connectivity index (χ2v) is 4.81. The average molecular weight is 166 g/mol. The molecule has 0 amide bonds. The maximum absolute atomic E-state index is 10.6. The molecule has 0 heterocycles. The van der Waals surface area contributed by atoms with E-state index in [0.29, 0.717) is 5.92 Å². The summed E-state index contributed by atoms with van der Waals surface area (Å²) in [6, 6.07) is 0. The Balaban J connectivity index is 1.97. The normalized spacial score (nSPS) is 47.1. The van der Waals surface area contributed by atoms with Gasteiger partial charge in [0.2, 0.25) is 0 Å².